The molecule has 1 unspecified atom stereocenters. The lowest BCUT2D eigenvalue weighted by Gasteiger charge is -2.21. The van der Waals surface area contributed by atoms with Gasteiger partial charge in [-0.25, -0.2) is 13.1 Å². The first-order chi connectivity index (χ1) is 9.31. The van der Waals surface area contributed by atoms with Gasteiger partial charge in [0.15, 0.2) is 0 Å². The van der Waals surface area contributed by atoms with E-state index >= 15 is 0 Å². The summed E-state index contributed by atoms with van der Waals surface area (Å²) in [5.41, 5.74) is 0.699. The molecule has 2 rings (SSSR count). The number of sulfonamides is 1. The highest BCUT2D eigenvalue weighted by Crippen LogP contribution is 2.19. The zero-order valence-electron chi connectivity index (χ0n) is 12.0. The molecule has 1 aliphatic heterocycles. The lowest BCUT2D eigenvalue weighted by atomic mass is 10.2. The minimum absolute atomic E-state index is 0.00233. The van der Waals surface area contributed by atoms with Crippen molar-refractivity contribution in [1.29, 1.82) is 0 Å². The molecule has 0 radical (unpaired) electrons. The van der Waals surface area contributed by atoms with Gasteiger partial charge in [-0.1, -0.05) is 18.2 Å². The zero-order chi connectivity index (χ0) is 14.9. The Balaban J connectivity index is 2.15. The molecule has 1 aromatic rings. The number of rotatable bonds is 4. The summed E-state index contributed by atoms with van der Waals surface area (Å²) in [5, 5.41) is 0. The van der Waals surface area contributed by atoms with E-state index in [9.17, 15) is 13.2 Å². The summed E-state index contributed by atoms with van der Waals surface area (Å²) >= 11 is 0. The molecular formula is C14H20N2O3S. The predicted octanol–water partition coefficient (Wildman–Crippen LogP) is 1.28. The third kappa shape index (κ3) is 3.02. The van der Waals surface area contributed by atoms with E-state index in [1.807, 2.05) is 13.8 Å². The molecule has 0 aromatic heterocycles. The van der Waals surface area contributed by atoms with Crippen LogP contribution in [0.1, 0.15) is 25.8 Å². The Hall–Kier alpha value is -1.40. The Kier molecular flexibility index (Phi) is 4.15. The molecule has 5 nitrogen and oxygen atoms in total. The first-order valence-electron chi connectivity index (χ1n) is 6.68. The first-order valence-corrected chi connectivity index (χ1v) is 8.17. The minimum Gasteiger partial charge on any atom is -0.339 e. The Morgan fingerprint density at radius 2 is 1.95 bits per heavy atom. The van der Waals surface area contributed by atoms with Crippen LogP contribution < -0.4 is 4.72 Å². The van der Waals surface area contributed by atoms with Gasteiger partial charge in [0.25, 0.3) is 0 Å². The fraction of sp³-hybridized carbons (Fsp3) is 0.500. The largest absolute Gasteiger partial charge is 0.339 e. The van der Waals surface area contributed by atoms with Crippen LogP contribution in [0.4, 0.5) is 0 Å². The van der Waals surface area contributed by atoms with Gasteiger partial charge in [0.2, 0.25) is 15.9 Å². The molecule has 0 bridgehead atoms. The maximum atomic E-state index is 12.4. The number of carbonyl (C=O) groups excluding carboxylic acids is 1. The SMILES string of the molecule is Cc1ccccc1S(=O)(=O)NC1CC(=O)N(C(C)C)C1. The van der Waals surface area contributed by atoms with E-state index in [0.29, 0.717) is 12.1 Å². The smallest absolute Gasteiger partial charge is 0.241 e. The standard InChI is InChI=1S/C14H20N2O3S/c1-10(2)16-9-12(8-14(16)17)15-20(18,19)13-7-5-4-6-11(13)3/h4-7,10,12,15H,8-9H2,1-3H3. The van der Waals surface area contributed by atoms with Crippen molar-refractivity contribution in [2.45, 2.75) is 44.2 Å². The second kappa shape index (κ2) is 5.54. The summed E-state index contributed by atoms with van der Waals surface area (Å²) in [6, 6.07) is 6.57. The summed E-state index contributed by atoms with van der Waals surface area (Å²) in [4.78, 5) is 13.8. The molecule has 1 amide bonds. The fourth-order valence-electron chi connectivity index (χ4n) is 2.45. The number of aryl methyl sites for hydroxylation is 1. The van der Waals surface area contributed by atoms with E-state index < -0.39 is 10.0 Å². The molecule has 1 atom stereocenters. The summed E-state index contributed by atoms with van der Waals surface area (Å²) < 4.78 is 27.3. The summed E-state index contributed by atoms with van der Waals surface area (Å²) in [6.45, 7) is 6.04. The van der Waals surface area contributed by atoms with Crippen molar-refractivity contribution < 1.29 is 13.2 Å². The van der Waals surface area contributed by atoms with Crippen LogP contribution in [-0.2, 0) is 14.8 Å². The molecule has 0 aliphatic carbocycles. The van der Waals surface area contributed by atoms with E-state index in [1.165, 1.54) is 0 Å². The van der Waals surface area contributed by atoms with Crippen molar-refractivity contribution in [2.75, 3.05) is 6.54 Å². The molecule has 1 fully saturated rings. The minimum atomic E-state index is -3.58. The number of carbonyl (C=O) groups is 1. The van der Waals surface area contributed by atoms with Crippen LogP contribution in [0.15, 0.2) is 29.2 Å². The molecule has 1 N–H and O–H groups in total. The molecule has 20 heavy (non-hydrogen) atoms. The van der Waals surface area contributed by atoms with E-state index in [-0.39, 0.29) is 29.3 Å². The summed E-state index contributed by atoms with van der Waals surface area (Å²) in [6.07, 6.45) is 0.225. The maximum absolute atomic E-state index is 12.4. The van der Waals surface area contributed by atoms with Gasteiger partial charge in [0, 0.05) is 25.0 Å². The van der Waals surface area contributed by atoms with E-state index in [1.54, 1.807) is 36.1 Å². The van der Waals surface area contributed by atoms with Crippen LogP contribution in [0.2, 0.25) is 0 Å². The number of hydrogen-bond donors (Lipinski definition) is 1. The molecular weight excluding hydrogens is 276 g/mol. The van der Waals surface area contributed by atoms with Crippen LogP contribution in [0.5, 0.6) is 0 Å². The molecule has 1 heterocycles. The molecule has 6 heteroatoms. The second-order valence-corrected chi connectivity index (χ2v) is 7.11. The van der Waals surface area contributed by atoms with Crippen molar-refractivity contribution in [1.82, 2.24) is 9.62 Å². The molecule has 0 saturated carbocycles. The lowest BCUT2D eigenvalue weighted by molar-refractivity contribution is -0.129. The van der Waals surface area contributed by atoms with Gasteiger partial charge in [-0.3, -0.25) is 4.79 Å². The normalized spacial score (nSPS) is 19.9. The van der Waals surface area contributed by atoms with Gasteiger partial charge >= 0.3 is 0 Å². The van der Waals surface area contributed by atoms with Crippen LogP contribution in [0, 0.1) is 6.92 Å². The van der Waals surface area contributed by atoms with Crippen LogP contribution in [0.25, 0.3) is 0 Å². The second-order valence-electron chi connectivity index (χ2n) is 5.43. The van der Waals surface area contributed by atoms with Gasteiger partial charge in [-0.15, -0.1) is 0 Å². The van der Waals surface area contributed by atoms with Gasteiger partial charge in [0.1, 0.15) is 0 Å². The highest BCUT2D eigenvalue weighted by atomic mass is 32.2. The van der Waals surface area contributed by atoms with E-state index in [2.05, 4.69) is 4.72 Å². The number of likely N-dealkylation sites (tertiary alicyclic amines) is 1. The average molecular weight is 296 g/mol. The van der Waals surface area contributed by atoms with Crippen molar-refractivity contribution >= 4 is 15.9 Å². The van der Waals surface area contributed by atoms with Gasteiger partial charge in [-0.2, -0.15) is 0 Å². The van der Waals surface area contributed by atoms with Crippen LogP contribution >= 0.6 is 0 Å². The number of amides is 1. The molecule has 1 saturated heterocycles. The quantitative estimate of drug-likeness (QED) is 0.910. The molecule has 110 valence electrons. The Bertz CT molecular complexity index is 611. The number of benzene rings is 1. The zero-order valence-corrected chi connectivity index (χ0v) is 12.8. The highest BCUT2D eigenvalue weighted by molar-refractivity contribution is 7.89. The topological polar surface area (TPSA) is 66.5 Å². The van der Waals surface area contributed by atoms with Gasteiger partial charge in [-0.05, 0) is 32.4 Å². The Morgan fingerprint density at radius 1 is 1.30 bits per heavy atom. The van der Waals surface area contributed by atoms with Gasteiger partial charge < -0.3 is 4.90 Å². The lowest BCUT2D eigenvalue weighted by Crippen LogP contribution is -2.39. The predicted molar refractivity (Wildman–Crippen MR) is 76.8 cm³/mol. The number of hydrogen-bond acceptors (Lipinski definition) is 3. The maximum Gasteiger partial charge on any atom is 0.241 e. The average Bonchev–Trinajstić information content (AvgIpc) is 2.69. The van der Waals surface area contributed by atoms with Crippen molar-refractivity contribution in [2.24, 2.45) is 0 Å². The van der Waals surface area contributed by atoms with Crippen LogP contribution in [0.3, 0.4) is 0 Å². The van der Waals surface area contributed by atoms with Crippen molar-refractivity contribution in [3.05, 3.63) is 29.8 Å². The highest BCUT2D eigenvalue weighted by Gasteiger charge is 2.34. The monoisotopic (exact) mass is 296 g/mol. The third-order valence-corrected chi connectivity index (χ3v) is 5.17. The molecule has 1 aliphatic rings. The Morgan fingerprint density at radius 3 is 2.50 bits per heavy atom. The molecule has 0 spiro atoms. The van der Waals surface area contributed by atoms with E-state index in [0.717, 1.165) is 0 Å². The Labute approximate surface area is 120 Å². The summed E-state index contributed by atoms with van der Waals surface area (Å²) in [7, 11) is -3.58. The summed E-state index contributed by atoms with van der Waals surface area (Å²) in [5.74, 6) is -0.00233. The first kappa shape index (κ1) is 15.0. The van der Waals surface area contributed by atoms with E-state index in [4.69, 9.17) is 0 Å². The number of nitrogens with zero attached hydrogens (tertiary/aromatic N) is 1. The van der Waals surface area contributed by atoms with Gasteiger partial charge in [0.05, 0.1) is 4.90 Å². The number of nitrogens with one attached hydrogen (secondary N) is 1. The van der Waals surface area contributed by atoms with Crippen molar-refractivity contribution in [3.63, 3.8) is 0 Å². The van der Waals surface area contributed by atoms with Crippen molar-refractivity contribution in [3.8, 4) is 0 Å². The molecule has 1 aromatic carbocycles. The van der Waals surface area contributed by atoms with Crippen LogP contribution in [-0.4, -0.2) is 37.9 Å². The third-order valence-electron chi connectivity index (χ3n) is 3.49. The fourth-order valence-corrected chi connectivity index (χ4v) is 3.92.